The fraction of sp³-hybridized carbons (Fsp3) is 0. The smallest absolute Gasteiger partial charge is 0.135 e. The van der Waals surface area contributed by atoms with E-state index < -0.39 is 0 Å². The van der Waals surface area contributed by atoms with E-state index >= 15 is 0 Å². The summed E-state index contributed by atoms with van der Waals surface area (Å²) in [6, 6.07) is 56.5. The van der Waals surface area contributed by atoms with E-state index in [1.807, 2.05) is 12.1 Å². The van der Waals surface area contributed by atoms with Crippen molar-refractivity contribution in [2.75, 3.05) is 4.90 Å². The zero-order chi connectivity index (χ0) is 29.5. The summed E-state index contributed by atoms with van der Waals surface area (Å²) >= 11 is 0. The van der Waals surface area contributed by atoms with E-state index in [4.69, 9.17) is 4.42 Å². The van der Waals surface area contributed by atoms with Crippen molar-refractivity contribution in [3.8, 4) is 11.1 Å². The predicted molar refractivity (Wildman–Crippen MR) is 188 cm³/mol. The molecule has 45 heavy (non-hydrogen) atoms. The monoisotopic (exact) mass is 574 g/mol. The van der Waals surface area contributed by atoms with E-state index in [1.165, 1.54) is 49.2 Å². The van der Waals surface area contributed by atoms with Gasteiger partial charge in [0.25, 0.3) is 0 Å². The first-order valence-electron chi connectivity index (χ1n) is 15.4. The van der Waals surface area contributed by atoms with Gasteiger partial charge in [0.1, 0.15) is 11.2 Å². The molecule has 0 N–H and O–H groups in total. The quantitative estimate of drug-likeness (QED) is 0.208. The minimum atomic E-state index is 0.892. The van der Waals surface area contributed by atoms with Crippen LogP contribution in [0.15, 0.2) is 162 Å². The highest BCUT2D eigenvalue weighted by Gasteiger charge is 2.23. The summed E-state index contributed by atoms with van der Waals surface area (Å²) in [7, 11) is 0. The Balaban J connectivity index is 1.29. The van der Waals surface area contributed by atoms with Crippen molar-refractivity contribution in [2.24, 2.45) is 0 Å². The molecule has 210 valence electrons. The summed E-state index contributed by atoms with van der Waals surface area (Å²) in [5.41, 5.74) is 11.2. The molecular weight excluding hydrogens is 548 g/mol. The minimum absolute atomic E-state index is 0.892. The van der Waals surface area contributed by atoms with Crippen LogP contribution in [0.1, 0.15) is 0 Å². The lowest BCUT2D eigenvalue weighted by molar-refractivity contribution is 0.669. The van der Waals surface area contributed by atoms with E-state index in [1.54, 1.807) is 0 Å². The van der Waals surface area contributed by atoms with Gasteiger partial charge in [0.15, 0.2) is 0 Å². The first-order valence-corrected chi connectivity index (χ1v) is 15.4. The minimum Gasteiger partial charge on any atom is -0.456 e. The molecule has 3 heterocycles. The Kier molecular flexibility index (Phi) is 5.00. The van der Waals surface area contributed by atoms with E-state index in [0.717, 1.165) is 39.0 Å². The molecule has 0 aliphatic heterocycles. The van der Waals surface area contributed by atoms with E-state index in [0.29, 0.717) is 0 Å². The van der Waals surface area contributed by atoms with Gasteiger partial charge in [0, 0.05) is 43.7 Å². The lowest BCUT2D eigenvalue weighted by Gasteiger charge is -2.27. The lowest BCUT2D eigenvalue weighted by Crippen LogP contribution is -2.11. The number of rotatable bonds is 4. The van der Waals surface area contributed by atoms with Gasteiger partial charge in [0.05, 0.1) is 22.2 Å². The van der Waals surface area contributed by atoms with Crippen LogP contribution in [0.2, 0.25) is 0 Å². The summed E-state index contributed by atoms with van der Waals surface area (Å²) in [4.78, 5) is 2.40. The van der Waals surface area contributed by atoms with Gasteiger partial charge in [-0.05, 0) is 59.7 Å². The molecule has 0 amide bonds. The summed E-state index contributed by atoms with van der Waals surface area (Å²) in [5.74, 6) is 0. The average Bonchev–Trinajstić information content (AvgIpc) is 3.76. The Morgan fingerprint density at radius 3 is 1.84 bits per heavy atom. The summed E-state index contributed by atoms with van der Waals surface area (Å²) in [5, 5.41) is 7.32. The number of para-hydroxylation sites is 4. The Hall–Kier alpha value is -6.06. The maximum Gasteiger partial charge on any atom is 0.135 e. The molecule has 0 bridgehead atoms. The number of aromatic nitrogens is 1. The van der Waals surface area contributed by atoms with Gasteiger partial charge in [-0.25, -0.2) is 0 Å². The van der Waals surface area contributed by atoms with Crippen molar-refractivity contribution >= 4 is 77.1 Å². The van der Waals surface area contributed by atoms with Crippen LogP contribution in [0.4, 0.5) is 17.1 Å². The van der Waals surface area contributed by atoms with Crippen LogP contribution in [0, 0.1) is 0 Å². The van der Waals surface area contributed by atoms with Gasteiger partial charge in [0.2, 0.25) is 0 Å². The number of anilines is 3. The molecule has 0 fully saturated rings. The zero-order valence-corrected chi connectivity index (χ0v) is 24.3. The van der Waals surface area contributed by atoms with Crippen LogP contribution in [0.5, 0.6) is 0 Å². The second-order valence-corrected chi connectivity index (χ2v) is 11.8. The second kappa shape index (κ2) is 9.22. The molecule has 10 aromatic rings. The Labute approximate surface area is 259 Å². The molecule has 0 saturated carbocycles. The molecule has 7 aromatic carbocycles. The molecule has 0 aliphatic rings. The third kappa shape index (κ3) is 3.46. The summed E-state index contributed by atoms with van der Waals surface area (Å²) in [6.45, 7) is 0. The van der Waals surface area contributed by atoms with Gasteiger partial charge in [-0.2, -0.15) is 0 Å². The maximum absolute atomic E-state index is 6.23. The van der Waals surface area contributed by atoms with Crippen LogP contribution < -0.4 is 4.90 Å². The van der Waals surface area contributed by atoms with Crippen LogP contribution in [-0.2, 0) is 0 Å². The third-order valence-electron chi connectivity index (χ3n) is 9.32. The van der Waals surface area contributed by atoms with Crippen LogP contribution >= 0.6 is 0 Å². The number of fused-ring (bicyclic) bond motifs is 9. The zero-order valence-electron chi connectivity index (χ0n) is 24.3. The van der Waals surface area contributed by atoms with Crippen molar-refractivity contribution in [1.29, 1.82) is 0 Å². The van der Waals surface area contributed by atoms with Crippen molar-refractivity contribution in [1.82, 2.24) is 4.40 Å². The number of hydrogen-bond donors (Lipinski definition) is 0. The van der Waals surface area contributed by atoms with Gasteiger partial charge in [-0.3, -0.25) is 0 Å². The second-order valence-electron chi connectivity index (χ2n) is 11.8. The summed E-state index contributed by atoms with van der Waals surface area (Å²) < 4.78 is 8.71. The first kappa shape index (κ1) is 24.4. The number of hydrogen-bond acceptors (Lipinski definition) is 2. The van der Waals surface area contributed by atoms with Crippen molar-refractivity contribution in [3.63, 3.8) is 0 Å². The Bertz CT molecular complexity index is 2700. The third-order valence-corrected chi connectivity index (χ3v) is 9.32. The molecule has 0 atom stereocenters. The molecule has 0 saturated heterocycles. The van der Waals surface area contributed by atoms with E-state index in [2.05, 4.69) is 155 Å². The molecule has 0 radical (unpaired) electrons. The highest BCUT2D eigenvalue weighted by molar-refractivity contribution is 6.25. The standard InChI is InChI=1S/C42H26N2O/c1-2-10-27(11-3-1)28-20-22-29(23-21-28)43(30-24-25-40-36(26-30)32-13-5-7-19-39(32)45-40)38-18-9-16-35-34-15-8-14-33-31-12-4-6-17-37(31)44(41(33)34)42(35)38/h1-26H. The van der Waals surface area contributed by atoms with E-state index in [9.17, 15) is 0 Å². The molecule has 0 unspecified atom stereocenters. The van der Waals surface area contributed by atoms with Gasteiger partial charge in [-0.1, -0.05) is 109 Å². The molecule has 3 heteroatoms. The van der Waals surface area contributed by atoms with Crippen molar-refractivity contribution in [3.05, 3.63) is 158 Å². The van der Waals surface area contributed by atoms with E-state index in [-0.39, 0.29) is 0 Å². The number of benzene rings is 7. The normalized spacial score (nSPS) is 12.0. The topological polar surface area (TPSA) is 20.8 Å². The number of nitrogens with zero attached hydrogens (tertiary/aromatic N) is 2. The Morgan fingerprint density at radius 2 is 1.00 bits per heavy atom. The molecule has 0 aliphatic carbocycles. The van der Waals surface area contributed by atoms with Gasteiger partial charge >= 0.3 is 0 Å². The summed E-state index contributed by atoms with van der Waals surface area (Å²) in [6.07, 6.45) is 0. The molecule has 3 nitrogen and oxygen atoms in total. The largest absolute Gasteiger partial charge is 0.456 e. The van der Waals surface area contributed by atoms with Crippen molar-refractivity contribution < 1.29 is 4.42 Å². The predicted octanol–water partition coefficient (Wildman–Crippen LogP) is 11.9. The van der Waals surface area contributed by atoms with Gasteiger partial charge in [-0.15, -0.1) is 0 Å². The number of furan rings is 1. The van der Waals surface area contributed by atoms with Crippen LogP contribution in [-0.4, -0.2) is 4.40 Å². The first-order chi connectivity index (χ1) is 22.3. The fourth-order valence-electron chi connectivity index (χ4n) is 7.35. The van der Waals surface area contributed by atoms with Crippen LogP contribution in [0.3, 0.4) is 0 Å². The fourth-order valence-corrected chi connectivity index (χ4v) is 7.35. The average molecular weight is 575 g/mol. The SMILES string of the molecule is c1ccc(-c2ccc(N(c3ccc4oc5ccccc5c4c3)c3cccc4c5cccc6c7ccccc7n(c34)c65)cc2)cc1. The molecule has 0 spiro atoms. The molecule has 10 rings (SSSR count). The Morgan fingerprint density at radius 1 is 0.400 bits per heavy atom. The molecule has 3 aromatic heterocycles. The maximum atomic E-state index is 6.23. The van der Waals surface area contributed by atoms with Crippen molar-refractivity contribution in [2.45, 2.75) is 0 Å². The lowest BCUT2D eigenvalue weighted by atomic mass is 10.0. The highest BCUT2D eigenvalue weighted by atomic mass is 16.3. The van der Waals surface area contributed by atoms with Gasteiger partial charge < -0.3 is 13.7 Å². The molecular formula is C42H26N2O. The highest BCUT2D eigenvalue weighted by Crippen LogP contribution is 2.46. The van der Waals surface area contributed by atoms with Crippen LogP contribution in [0.25, 0.3) is 71.2 Å².